The van der Waals surface area contributed by atoms with E-state index in [2.05, 4.69) is 9.97 Å². The Bertz CT molecular complexity index is 579. The Morgan fingerprint density at radius 1 is 1.38 bits per heavy atom. The number of primary sulfonamides is 1. The molecule has 2 atom stereocenters. The predicted octanol–water partition coefficient (Wildman–Crippen LogP) is 0.276. The molecule has 1 fully saturated rings. The van der Waals surface area contributed by atoms with Gasteiger partial charge >= 0.3 is 0 Å². The van der Waals surface area contributed by atoms with Crippen molar-refractivity contribution in [3.05, 3.63) is 18.2 Å². The second-order valence-corrected chi connectivity index (χ2v) is 7.20. The molecule has 9 heteroatoms. The average molecular weight is 318 g/mol. The van der Waals surface area contributed by atoms with Gasteiger partial charge in [-0.05, 0) is 20.3 Å². The van der Waals surface area contributed by atoms with Crippen molar-refractivity contribution in [3.63, 3.8) is 0 Å². The van der Waals surface area contributed by atoms with Crippen molar-refractivity contribution in [1.29, 1.82) is 0 Å². The summed E-state index contributed by atoms with van der Waals surface area (Å²) in [5.74, 6) is -0.282. The summed E-state index contributed by atoms with van der Waals surface area (Å²) in [5.41, 5.74) is 0. The van der Waals surface area contributed by atoms with E-state index in [1.54, 1.807) is 4.90 Å². The van der Waals surface area contributed by atoms with Gasteiger partial charge in [0.05, 0.1) is 29.9 Å². The van der Waals surface area contributed by atoms with Crippen LogP contribution in [-0.4, -0.2) is 48.9 Å². The molecule has 0 amide bonds. The van der Waals surface area contributed by atoms with Crippen LogP contribution < -0.4 is 10.0 Å². The fourth-order valence-corrected chi connectivity index (χ4v) is 3.23. The lowest BCUT2D eigenvalue weighted by Crippen LogP contribution is -2.52. The van der Waals surface area contributed by atoms with Crippen LogP contribution in [0.15, 0.2) is 12.4 Å². The van der Waals surface area contributed by atoms with Crippen molar-refractivity contribution in [2.75, 3.05) is 18.0 Å². The highest BCUT2D eigenvalue weighted by molar-refractivity contribution is 7.89. The van der Waals surface area contributed by atoms with Crippen LogP contribution in [0.2, 0.25) is 0 Å². The number of halogens is 1. The van der Waals surface area contributed by atoms with Crippen molar-refractivity contribution >= 4 is 16.0 Å². The second kappa shape index (κ2) is 6.20. The fourth-order valence-electron chi connectivity index (χ4n) is 2.36. The molecule has 0 saturated carbocycles. The summed E-state index contributed by atoms with van der Waals surface area (Å²) in [6.45, 7) is 4.36. The molecule has 0 aromatic carbocycles. The zero-order chi connectivity index (χ0) is 15.6. The maximum Gasteiger partial charge on any atom is 0.225 e. The molecule has 7 nitrogen and oxygen atoms in total. The highest BCUT2D eigenvalue weighted by Gasteiger charge is 2.35. The van der Waals surface area contributed by atoms with E-state index in [1.807, 2.05) is 13.8 Å². The molecule has 1 aromatic heterocycles. The van der Waals surface area contributed by atoms with E-state index in [9.17, 15) is 12.8 Å². The third-order valence-corrected chi connectivity index (χ3v) is 4.46. The Labute approximate surface area is 123 Å². The molecule has 0 bridgehead atoms. The molecule has 0 unspecified atom stereocenters. The zero-order valence-electron chi connectivity index (χ0n) is 11.9. The minimum Gasteiger partial charge on any atom is -0.374 e. The molecule has 118 valence electrons. The third kappa shape index (κ3) is 4.32. The maximum atomic E-state index is 12.9. The lowest BCUT2D eigenvalue weighted by molar-refractivity contribution is 0.00144. The van der Waals surface area contributed by atoms with E-state index >= 15 is 0 Å². The van der Waals surface area contributed by atoms with Gasteiger partial charge in [0.2, 0.25) is 16.0 Å². The van der Waals surface area contributed by atoms with E-state index in [4.69, 9.17) is 9.88 Å². The molecule has 1 aliphatic rings. The van der Waals surface area contributed by atoms with Crippen LogP contribution in [0, 0.1) is 5.82 Å². The van der Waals surface area contributed by atoms with Crippen LogP contribution in [-0.2, 0) is 14.8 Å². The number of anilines is 1. The van der Waals surface area contributed by atoms with Crippen LogP contribution in [0.5, 0.6) is 0 Å². The number of nitrogens with zero attached hydrogens (tertiary/aromatic N) is 3. The number of sulfonamides is 1. The molecule has 0 spiro atoms. The molecule has 2 rings (SSSR count). The first-order chi connectivity index (χ1) is 9.75. The quantitative estimate of drug-likeness (QED) is 0.856. The number of hydrogen-bond acceptors (Lipinski definition) is 6. The van der Waals surface area contributed by atoms with Crippen LogP contribution >= 0.6 is 0 Å². The Balaban J connectivity index is 2.21. The highest BCUT2D eigenvalue weighted by atomic mass is 32.2. The third-order valence-electron chi connectivity index (χ3n) is 3.19. The molecule has 2 heterocycles. The molecule has 1 saturated heterocycles. The van der Waals surface area contributed by atoms with Gasteiger partial charge in [0, 0.05) is 13.1 Å². The van der Waals surface area contributed by atoms with Crippen molar-refractivity contribution in [1.82, 2.24) is 9.97 Å². The van der Waals surface area contributed by atoms with Gasteiger partial charge in [0.1, 0.15) is 0 Å². The van der Waals surface area contributed by atoms with Crippen LogP contribution in [0.3, 0.4) is 0 Å². The summed E-state index contributed by atoms with van der Waals surface area (Å²) >= 11 is 0. The normalized spacial score (nSPS) is 23.6. The molecule has 1 aromatic rings. The summed E-state index contributed by atoms with van der Waals surface area (Å²) in [6, 6.07) is 0. The predicted molar refractivity (Wildman–Crippen MR) is 75.7 cm³/mol. The lowest BCUT2D eigenvalue weighted by atomic mass is 10.1. The molecule has 1 aliphatic heterocycles. The first kappa shape index (κ1) is 16.1. The number of hydrogen-bond donors (Lipinski definition) is 1. The molecule has 2 N–H and O–H groups in total. The van der Waals surface area contributed by atoms with Crippen LogP contribution in [0.4, 0.5) is 10.3 Å². The maximum absolute atomic E-state index is 12.9. The van der Waals surface area contributed by atoms with Gasteiger partial charge < -0.3 is 9.64 Å². The lowest BCUT2D eigenvalue weighted by Gasteiger charge is -2.37. The van der Waals surface area contributed by atoms with Crippen LogP contribution in [0.25, 0.3) is 0 Å². The number of ether oxygens (including phenoxy) is 1. The molecule has 21 heavy (non-hydrogen) atoms. The minimum absolute atomic E-state index is 0.0368. The molecular formula is C12H19FN4O3S. The second-order valence-electron chi connectivity index (χ2n) is 5.36. The summed E-state index contributed by atoms with van der Waals surface area (Å²) in [7, 11) is -3.69. The van der Waals surface area contributed by atoms with E-state index in [0.29, 0.717) is 13.0 Å². The Hall–Kier alpha value is -1.32. The van der Waals surface area contributed by atoms with Gasteiger partial charge in [0.15, 0.2) is 5.82 Å². The Morgan fingerprint density at radius 2 is 2.00 bits per heavy atom. The number of piperidine rings is 1. The molecule has 0 radical (unpaired) electrons. The zero-order valence-corrected chi connectivity index (χ0v) is 12.8. The summed E-state index contributed by atoms with van der Waals surface area (Å²) in [6.07, 6.45) is 2.08. The van der Waals surface area contributed by atoms with Crippen molar-refractivity contribution < 1.29 is 17.5 Å². The summed E-state index contributed by atoms with van der Waals surface area (Å²) in [5, 5.41) is 4.50. The standard InChI is InChI=1S/C12H19FN4O3S/c1-8(2)20-10-3-11(21(14,18)19)7-17(6-10)12-15-4-9(13)5-16-12/h4-5,8,10-11H,3,6-7H2,1-2H3,(H2,14,18,19)/t10-,11+/m0/s1. The number of aromatic nitrogens is 2. The Kier molecular flexibility index (Phi) is 4.74. The fraction of sp³-hybridized carbons (Fsp3) is 0.667. The number of nitrogens with two attached hydrogens (primary N) is 1. The van der Waals surface area contributed by atoms with E-state index in [-0.39, 0.29) is 24.7 Å². The van der Waals surface area contributed by atoms with Gasteiger partial charge in [0.25, 0.3) is 0 Å². The largest absolute Gasteiger partial charge is 0.374 e. The van der Waals surface area contributed by atoms with Gasteiger partial charge in [-0.1, -0.05) is 0 Å². The first-order valence-corrected chi connectivity index (χ1v) is 8.26. The minimum atomic E-state index is -3.69. The van der Waals surface area contributed by atoms with Crippen molar-refractivity contribution in [3.8, 4) is 0 Å². The van der Waals surface area contributed by atoms with Gasteiger partial charge in [-0.25, -0.2) is 27.9 Å². The smallest absolute Gasteiger partial charge is 0.225 e. The van der Waals surface area contributed by atoms with Gasteiger partial charge in [-0.3, -0.25) is 0 Å². The van der Waals surface area contributed by atoms with Crippen LogP contribution in [0.1, 0.15) is 20.3 Å². The van der Waals surface area contributed by atoms with E-state index in [1.165, 1.54) is 0 Å². The Morgan fingerprint density at radius 3 is 2.52 bits per heavy atom. The van der Waals surface area contributed by atoms with Gasteiger partial charge in [-0.15, -0.1) is 0 Å². The molecule has 0 aliphatic carbocycles. The number of rotatable bonds is 4. The topological polar surface area (TPSA) is 98.4 Å². The van der Waals surface area contributed by atoms with Crippen molar-refractivity contribution in [2.45, 2.75) is 37.7 Å². The monoisotopic (exact) mass is 318 g/mol. The summed E-state index contributed by atoms with van der Waals surface area (Å²) in [4.78, 5) is 9.42. The SMILES string of the molecule is CC(C)O[C@H]1C[C@@H](S(N)(=O)=O)CN(c2ncc(F)cn2)C1. The first-order valence-electron chi connectivity index (χ1n) is 6.65. The highest BCUT2D eigenvalue weighted by Crippen LogP contribution is 2.22. The average Bonchev–Trinajstić information content (AvgIpc) is 2.37. The van der Waals surface area contributed by atoms with Gasteiger partial charge in [-0.2, -0.15) is 0 Å². The van der Waals surface area contributed by atoms with E-state index < -0.39 is 21.1 Å². The van der Waals surface area contributed by atoms with E-state index in [0.717, 1.165) is 12.4 Å². The molecular weight excluding hydrogens is 299 g/mol. The van der Waals surface area contributed by atoms with Crippen molar-refractivity contribution in [2.24, 2.45) is 5.14 Å². The summed E-state index contributed by atoms with van der Waals surface area (Å²) < 4.78 is 41.9.